The number of nitriles is 1. The van der Waals surface area contributed by atoms with Crippen LogP contribution in [0.3, 0.4) is 0 Å². The zero-order valence-corrected chi connectivity index (χ0v) is 7.15. The van der Waals surface area contributed by atoms with Crippen LogP contribution < -0.4 is 0 Å². The summed E-state index contributed by atoms with van der Waals surface area (Å²) in [7, 11) is 0. The summed E-state index contributed by atoms with van der Waals surface area (Å²) >= 11 is 0. The van der Waals surface area contributed by atoms with Crippen molar-refractivity contribution in [2.75, 3.05) is 6.61 Å². The van der Waals surface area contributed by atoms with Crippen LogP contribution in [0.5, 0.6) is 0 Å². The van der Waals surface area contributed by atoms with Gasteiger partial charge in [0.15, 0.2) is 0 Å². The van der Waals surface area contributed by atoms with Crippen molar-refractivity contribution < 1.29 is 9.53 Å². The van der Waals surface area contributed by atoms with Gasteiger partial charge in [-0.15, -0.1) is 0 Å². The van der Waals surface area contributed by atoms with E-state index in [9.17, 15) is 4.79 Å². The highest BCUT2D eigenvalue weighted by Crippen LogP contribution is 2.00. The fourth-order valence-corrected chi connectivity index (χ4v) is 0.786. The molecule has 1 heterocycles. The molecule has 0 aliphatic carbocycles. The van der Waals surface area contributed by atoms with Gasteiger partial charge >= 0.3 is 5.97 Å². The van der Waals surface area contributed by atoms with E-state index in [4.69, 9.17) is 10.00 Å². The van der Waals surface area contributed by atoms with E-state index >= 15 is 0 Å². The maximum Gasteiger partial charge on any atom is 0.356 e. The van der Waals surface area contributed by atoms with Gasteiger partial charge in [-0.25, -0.2) is 9.78 Å². The first-order valence-corrected chi connectivity index (χ1v) is 3.81. The number of aromatic nitrogens is 1. The molecular weight excluding hydrogens is 168 g/mol. The third kappa shape index (κ3) is 2.27. The zero-order chi connectivity index (χ0) is 9.68. The third-order valence-electron chi connectivity index (χ3n) is 1.38. The van der Waals surface area contributed by atoms with Crippen LogP contribution in [0, 0.1) is 11.3 Å². The van der Waals surface area contributed by atoms with Gasteiger partial charge in [0, 0.05) is 6.20 Å². The quantitative estimate of drug-likeness (QED) is 0.633. The molecule has 1 rings (SSSR count). The Morgan fingerprint density at radius 3 is 2.92 bits per heavy atom. The second-order valence-corrected chi connectivity index (χ2v) is 2.26. The van der Waals surface area contributed by atoms with Gasteiger partial charge in [0.1, 0.15) is 11.8 Å². The standard InChI is InChI=1S/C9H8N2O2/c1-2-13-9(12)8-4-3-7(5-10)6-11-8/h3-4,6H,2H2,1H3. The van der Waals surface area contributed by atoms with Gasteiger partial charge in [-0.2, -0.15) is 5.26 Å². The highest BCUT2D eigenvalue weighted by Gasteiger charge is 2.06. The van der Waals surface area contributed by atoms with Crippen molar-refractivity contribution in [1.29, 1.82) is 5.26 Å². The molecule has 66 valence electrons. The minimum atomic E-state index is -0.466. The monoisotopic (exact) mass is 176 g/mol. The lowest BCUT2D eigenvalue weighted by molar-refractivity contribution is 0.0519. The summed E-state index contributed by atoms with van der Waals surface area (Å²) in [6, 6.07) is 4.91. The Hall–Kier alpha value is -1.89. The van der Waals surface area contributed by atoms with Crippen LogP contribution in [0.15, 0.2) is 18.3 Å². The van der Waals surface area contributed by atoms with Gasteiger partial charge in [-0.3, -0.25) is 0 Å². The molecule has 0 unspecified atom stereocenters. The summed E-state index contributed by atoms with van der Waals surface area (Å²) in [5, 5.41) is 8.46. The van der Waals surface area contributed by atoms with E-state index in [2.05, 4.69) is 4.98 Å². The number of carbonyl (C=O) groups is 1. The fraction of sp³-hybridized carbons (Fsp3) is 0.222. The molecule has 0 amide bonds. The molecule has 0 aromatic carbocycles. The number of nitrogens with zero attached hydrogens (tertiary/aromatic N) is 2. The van der Waals surface area contributed by atoms with Crippen LogP contribution in [0.2, 0.25) is 0 Å². The summed E-state index contributed by atoms with van der Waals surface area (Å²) in [6.45, 7) is 2.04. The Bertz CT molecular complexity index is 338. The predicted molar refractivity (Wildman–Crippen MR) is 44.9 cm³/mol. The van der Waals surface area contributed by atoms with Gasteiger partial charge in [0.25, 0.3) is 0 Å². The summed E-state index contributed by atoms with van der Waals surface area (Å²) < 4.78 is 4.72. The Balaban J connectivity index is 2.81. The van der Waals surface area contributed by atoms with E-state index < -0.39 is 5.97 Å². The van der Waals surface area contributed by atoms with Crippen LogP contribution in [-0.4, -0.2) is 17.6 Å². The molecule has 0 radical (unpaired) electrons. The minimum absolute atomic E-state index is 0.223. The summed E-state index contributed by atoms with van der Waals surface area (Å²) in [4.78, 5) is 14.8. The zero-order valence-electron chi connectivity index (χ0n) is 7.15. The van der Waals surface area contributed by atoms with Crippen molar-refractivity contribution in [1.82, 2.24) is 4.98 Å². The fourth-order valence-electron chi connectivity index (χ4n) is 0.786. The molecule has 0 saturated carbocycles. The van der Waals surface area contributed by atoms with Gasteiger partial charge in [0.05, 0.1) is 12.2 Å². The van der Waals surface area contributed by atoms with Crippen molar-refractivity contribution in [2.24, 2.45) is 0 Å². The Morgan fingerprint density at radius 2 is 2.46 bits per heavy atom. The lowest BCUT2D eigenvalue weighted by Gasteiger charge is -1.99. The largest absolute Gasteiger partial charge is 0.461 e. The molecule has 1 aromatic rings. The molecule has 0 N–H and O–H groups in total. The second-order valence-electron chi connectivity index (χ2n) is 2.26. The Morgan fingerprint density at radius 1 is 1.69 bits per heavy atom. The van der Waals surface area contributed by atoms with Crippen molar-refractivity contribution in [3.8, 4) is 6.07 Å². The lowest BCUT2D eigenvalue weighted by Crippen LogP contribution is -2.06. The van der Waals surface area contributed by atoms with E-state index in [1.807, 2.05) is 6.07 Å². The molecular formula is C9H8N2O2. The first-order chi connectivity index (χ1) is 6.27. The number of rotatable bonds is 2. The average molecular weight is 176 g/mol. The highest BCUT2D eigenvalue weighted by molar-refractivity contribution is 5.87. The van der Waals surface area contributed by atoms with E-state index in [0.717, 1.165) is 0 Å². The van der Waals surface area contributed by atoms with Gasteiger partial charge < -0.3 is 4.74 Å². The van der Waals surface area contributed by atoms with E-state index in [1.165, 1.54) is 18.3 Å². The molecule has 0 spiro atoms. The lowest BCUT2D eigenvalue weighted by atomic mass is 10.3. The minimum Gasteiger partial charge on any atom is -0.461 e. The van der Waals surface area contributed by atoms with Crippen LogP contribution in [-0.2, 0) is 4.74 Å². The smallest absolute Gasteiger partial charge is 0.356 e. The molecule has 0 atom stereocenters. The van der Waals surface area contributed by atoms with Crippen LogP contribution in [0.25, 0.3) is 0 Å². The summed E-state index contributed by atoms with van der Waals surface area (Å²) in [5.41, 5.74) is 0.647. The molecule has 0 aliphatic heterocycles. The van der Waals surface area contributed by atoms with Crippen LogP contribution >= 0.6 is 0 Å². The Labute approximate surface area is 75.8 Å². The number of hydrogen-bond acceptors (Lipinski definition) is 4. The first kappa shape index (κ1) is 9.20. The van der Waals surface area contributed by atoms with Gasteiger partial charge in [-0.1, -0.05) is 0 Å². The molecule has 4 nitrogen and oxygen atoms in total. The van der Waals surface area contributed by atoms with Crippen LogP contribution in [0.4, 0.5) is 0 Å². The normalized spacial score (nSPS) is 8.92. The highest BCUT2D eigenvalue weighted by atomic mass is 16.5. The van der Waals surface area contributed by atoms with Gasteiger partial charge in [0.2, 0.25) is 0 Å². The molecule has 1 aromatic heterocycles. The molecule has 0 fully saturated rings. The second kappa shape index (κ2) is 4.21. The van der Waals surface area contributed by atoms with Crippen molar-refractivity contribution in [3.05, 3.63) is 29.6 Å². The molecule has 0 bridgehead atoms. The van der Waals surface area contributed by atoms with Crippen molar-refractivity contribution >= 4 is 5.97 Å². The van der Waals surface area contributed by atoms with Crippen molar-refractivity contribution in [2.45, 2.75) is 6.92 Å². The topological polar surface area (TPSA) is 63.0 Å². The molecule has 0 saturated heterocycles. The van der Waals surface area contributed by atoms with Crippen molar-refractivity contribution in [3.63, 3.8) is 0 Å². The first-order valence-electron chi connectivity index (χ1n) is 3.81. The number of hydrogen-bond donors (Lipinski definition) is 0. The van der Waals surface area contributed by atoms with Crippen LogP contribution in [0.1, 0.15) is 23.0 Å². The molecule has 4 heteroatoms. The number of ether oxygens (including phenoxy) is 1. The predicted octanol–water partition coefficient (Wildman–Crippen LogP) is 1.13. The van der Waals surface area contributed by atoms with E-state index in [1.54, 1.807) is 6.92 Å². The molecule has 0 aliphatic rings. The number of carbonyl (C=O) groups excluding carboxylic acids is 1. The summed E-state index contributed by atoms with van der Waals surface area (Å²) in [6.07, 6.45) is 1.34. The Kier molecular flexibility index (Phi) is 2.98. The molecule has 13 heavy (non-hydrogen) atoms. The van der Waals surface area contributed by atoms with Gasteiger partial charge in [-0.05, 0) is 19.1 Å². The third-order valence-corrected chi connectivity index (χ3v) is 1.38. The average Bonchev–Trinajstić information content (AvgIpc) is 2.18. The maximum absolute atomic E-state index is 11.1. The number of pyridine rings is 1. The number of esters is 1. The van der Waals surface area contributed by atoms with E-state index in [0.29, 0.717) is 12.2 Å². The van der Waals surface area contributed by atoms with E-state index in [-0.39, 0.29) is 5.69 Å². The maximum atomic E-state index is 11.1. The SMILES string of the molecule is CCOC(=O)c1ccc(C#N)cn1. The summed E-state index contributed by atoms with van der Waals surface area (Å²) in [5.74, 6) is -0.466.